The van der Waals surface area contributed by atoms with Crippen molar-refractivity contribution >= 4 is 26.7 Å². The lowest BCUT2D eigenvalue weighted by atomic mass is 9.83. The molecule has 30 heavy (non-hydrogen) atoms. The van der Waals surface area contributed by atoms with Crippen LogP contribution in [-0.4, -0.2) is 10.2 Å². The average Bonchev–Trinajstić information content (AvgIpc) is 3.17. The summed E-state index contributed by atoms with van der Waals surface area (Å²) in [5, 5.41) is 19.3. The van der Waals surface area contributed by atoms with Gasteiger partial charge in [0.25, 0.3) is 0 Å². The third kappa shape index (κ3) is 2.85. The minimum atomic E-state index is -0.545. The molecule has 7 heteroatoms. The van der Waals surface area contributed by atoms with Crippen LogP contribution in [0.1, 0.15) is 17.0 Å². The molecule has 1 aliphatic rings. The summed E-state index contributed by atoms with van der Waals surface area (Å²) < 4.78 is 19.8. The zero-order valence-electron chi connectivity index (χ0n) is 15.5. The van der Waals surface area contributed by atoms with Crippen LogP contribution in [0.25, 0.3) is 22.0 Å². The van der Waals surface area contributed by atoms with Crippen LogP contribution >= 0.6 is 15.9 Å². The number of halogens is 2. The van der Waals surface area contributed by atoms with E-state index in [2.05, 4.69) is 38.3 Å². The molecule has 0 saturated heterocycles. The maximum Gasteiger partial charge on any atom is 0.244 e. The van der Waals surface area contributed by atoms with E-state index in [1.165, 1.54) is 6.07 Å². The Morgan fingerprint density at radius 3 is 2.67 bits per heavy atom. The normalized spacial score (nSPS) is 15.6. The molecule has 1 aromatic heterocycles. The second kappa shape index (κ2) is 7.01. The Kier molecular flexibility index (Phi) is 4.30. The van der Waals surface area contributed by atoms with Gasteiger partial charge in [-0.25, -0.2) is 4.39 Å². The fourth-order valence-electron chi connectivity index (χ4n) is 3.84. The van der Waals surface area contributed by atoms with Gasteiger partial charge in [-0.15, -0.1) is 5.10 Å². The molecule has 1 atom stereocenters. The molecule has 146 valence electrons. The number of nitrogens with zero attached hydrogens (tertiary/aromatic N) is 2. The summed E-state index contributed by atoms with van der Waals surface area (Å²) in [6.45, 7) is 0. The summed E-state index contributed by atoms with van der Waals surface area (Å²) in [6.07, 6.45) is 0. The Labute approximate surface area is 179 Å². The highest BCUT2D eigenvalue weighted by Gasteiger charge is 2.35. The molecule has 0 saturated carbocycles. The second-order valence-corrected chi connectivity index (χ2v) is 7.83. The molecule has 5 nitrogen and oxygen atoms in total. The van der Waals surface area contributed by atoms with Crippen LogP contribution in [0.5, 0.6) is 5.88 Å². The number of aromatic nitrogens is 2. The first-order chi connectivity index (χ1) is 14.6. The number of H-pyrrole nitrogens is 1. The number of hydrogen-bond donors (Lipinski definition) is 2. The van der Waals surface area contributed by atoms with Crippen LogP contribution < -0.4 is 10.5 Å². The number of fused-ring (bicyclic) bond motifs is 2. The number of ether oxygens (including phenoxy) is 1. The predicted molar refractivity (Wildman–Crippen MR) is 115 cm³/mol. The van der Waals surface area contributed by atoms with Crippen molar-refractivity contribution in [3.63, 3.8) is 0 Å². The van der Waals surface area contributed by atoms with Crippen molar-refractivity contribution in [1.29, 1.82) is 5.26 Å². The van der Waals surface area contributed by atoms with Crippen molar-refractivity contribution < 1.29 is 9.13 Å². The standard InChI is InChI=1S/C23H14BrFN4O/c24-17-10-14(7-8-18(17)25)19-16(11-26)22(27)30-23-20(19)21(28-29-23)15-6-5-12-3-1-2-4-13(12)9-15/h1-10,19H,27H2,(H,28,29)/t19-/m1/s1. The van der Waals surface area contributed by atoms with Crippen LogP contribution in [0.3, 0.4) is 0 Å². The number of nitriles is 1. The monoisotopic (exact) mass is 460 g/mol. The summed E-state index contributed by atoms with van der Waals surface area (Å²) in [5.74, 6) is -0.633. The third-order valence-corrected chi connectivity index (χ3v) is 5.86. The molecule has 4 aromatic rings. The quantitative estimate of drug-likeness (QED) is 0.421. The highest BCUT2D eigenvalue weighted by molar-refractivity contribution is 9.10. The molecule has 1 aliphatic heterocycles. The van der Waals surface area contributed by atoms with Crippen molar-refractivity contribution in [3.8, 4) is 23.2 Å². The Morgan fingerprint density at radius 1 is 1.10 bits per heavy atom. The number of hydrogen-bond acceptors (Lipinski definition) is 4. The lowest BCUT2D eigenvalue weighted by Crippen LogP contribution is -2.21. The van der Waals surface area contributed by atoms with E-state index in [9.17, 15) is 9.65 Å². The van der Waals surface area contributed by atoms with E-state index in [1.54, 1.807) is 12.1 Å². The molecule has 0 spiro atoms. The maximum atomic E-state index is 13.9. The topological polar surface area (TPSA) is 87.7 Å². The predicted octanol–water partition coefficient (Wildman–Crippen LogP) is 5.35. The Bertz CT molecular complexity index is 1390. The molecule has 5 rings (SSSR count). The first-order valence-corrected chi connectivity index (χ1v) is 9.96. The maximum absolute atomic E-state index is 13.9. The Hall–Kier alpha value is -3.63. The first-order valence-electron chi connectivity index (χ1n) is 9.17. The van der Waals surface area contributed by atoms with Gasteiger partial charge in [-0.1, -0.05) is 42.5 Å². The molecule has 0 aliphatic carbocycles. The Morgan fingerprint density at radius 2 is 1.90 bits per heavy atom. The highest BCUT2D eigenvalue weighted by Crippen LogP contribution is 2.46. The van der Waals surface area contributed by atoms with E-state index >= 15 is 0 Å². The van der Waals surface area contributed by atoms with Crippen LogP contribution in [0.4, 0.5) is 4.39 Å². The van der Waals surface area contributed by atoms with Gasteiger partial charge in [0, 0.05) is 5.56 Å². The smallest absolute Gasteiger partial charge is 0.244 e. The highest BCUT2D eigenvalue weighted by atomic mass is 79.9. The van der Waals surface area contributed by atoms with Crippen molar-refractivity contribution in [1.82, 2.24) is 10.2 Å². The number of benzene rings is 3. The zero-order valence-corrected chi connectivity index (χ0v) is 17.1. The fraction of sp³-hybridized carbons (Fsp3) is 0.0435. The minimum absolute atomic E-state index is 0.00740. The number of nitrogens with two attached hydrogens (primary N) is 1. The number of aromatic amines is 1. The van der Waals surface area contributed by atoms with Crippen molar-refractivity contribution in [3.05, 3.63) is 93.5 Å². The summed E-state index contributed by atoms with van der Waals surface area (Å²) in [7, 11) is 0. The van der Waals surface area contributed by atoms with E-state index in [0.717, 1.165) is 22.0 Å². The summed E-state index contributed by atoms with van der Waals surface area (Å²) in [5.41, 5.74) is 9.29. The van der Waals surface area contributed by atoms with Gasteiger partial charge in [0.05, 0.1) is 21.6 Å². The van der Waals surface area contributed by atoms with Gasteiger partial charge in [-0.05, 0) is 50.5 Å². The lowest BCUT2D eigenvalue weighted by Gasteiger charge is -2.24. The fourth-order valence-corrected chi connectivity index (χ4v) is 4.23. The van der Waals surface area contributed by atoms with Gasteiger partial charge < -0.3 is 10.5 Å². The molecule has 3 aromatic carbocycles. The van der Waals surface area contributed by atoms with Gasteiger partial charge >= 0.3 is 0 Å². The van der Waals surface area contributed by atoms with Gasteiger partial charge in [0.15, 0.2) is 0 Å². The van der Waals surface area contributed by atoms with Gasteiger partial charge in [0.1, 0.15) is 17.5 Å². The number of allylic oxidation sites excluding steroid dienone is 1. The van der Waals surface area contributed by atoms with Gasteiger partial charge in [-0.3, -0.25) is 5.10 Å². The van der Waals surface area contributed by atoms with Crippen molar-refractivity contribution in [2.75, 3.05) is 0 Å². The molecular formula is C23H14BrFN4O. The molecule has 0 radical (unpaired) electrons. The van der Waals surface area contributed by atoms with E-state index in [-0.39, 0.29) is 17.3 Å². The van der Waals surface area contributed by atoms with Crippen LogP contribution in [-0.2, 0) is 0 Å². The first kappa shape index (κ1) is 18.4. The Balaban J connectivity index is 1.74. The van der Waals surface area contributed by atoms with Crippen LogP contribution in [0.2, 0.25) is 0 Å². The van der Waals surface area contributed by atoms with E-state index in [1.807, 2.05) is 36.4 Å². The summed E-state index contributed by atoms with van der Waals surface area (Å²) in [6, 6.07) is 20.9. The molecule has 0 amide bonds. The lowest BCUT2D eigenvalue weighted by molar-refractivity contribution is 0.379. The molecule has 0 fully saturated rings. The number of rotatable bonds is 2. The van der Waals surface area contributed by atoms with Gasteiger partial charge in [-0.2, -0.15) is 5.26 Å². The molecule has 3 N–H and O–H groups in total. The zero-order chi connectivity index (χ0) is 20.8. The summed E-state index contributed by atoms with van der Waals surface area (Å²) in [4.78, 5) is 0. The van der Waals surface area contributed by atoms with E-state index in [4.69, 9.17) is 10.5 Å². The van der Waals surface area contributed by atoms with Gasteiger partial charge in [0.2, 0.25) is 11.8 Å². The second-order valence-electron chi connectivity index (χ2n) is 6.98. The SMILES string of the molecule is N#CC1=C(N)Oc2n[nH]c(-c3ccc4ccccc4c3)c2[C@@H]1c1ccc(F)c(Br)c1. The van der Waals surface area contributed by atoms with Crippen LogP contribution in [0, 0.1) is 17.1 Å². The molecule has 0 bridgehead atoms. The largest absolute Gasteiger partial charge is 0.420 e. The minimum Gasteiger partial charge on any atom is -0.420 e. The molecule has 2 heterocycles. The van der Waals surface area contributed by atoms with E-state index < -0.39 is 5.92 Å². The molecular weight excluding hydrogens is 447 g/mol. The van der Waals surface area contributed by atoms with E-state index in [0.29, 0.717) is 21.5 Å². The summed E-state index contributed by atoms with van der Waals surface area (Å²) >= 11 is 3.23. The van der Waals surface area contributed by atoms with Crippen LogP contribution in [0.15, 0.2) is 76.6 Å². The van der Waals surface area contributed by atoms with Crippen molar-refractivity contribution in [2.24, 2.45) is 5.73 Å². The number of nitrogens with one attached hydrogen (secondary N) is 1. The average molecular weight is 461 g/mol. The molecule has 0 unspecified atom stereocenters. The third-order valence-electron chi connectivity index (χ3n) is 5.25. The van der Waals surface area contributed by atoms with Crippen molar-refractivity contribution in [2.45, 2.75) is 5.92 Å².